The molecule has 0 aliphatic heterocycles. The molecule has 1 aromatic rings. The molecule has 0 spiro atoms. The summed E-state index contributed by atoms with van der Waals surface area (Å²) in [4.78, 5) is 21.1. The molecule has 0 saturated carbocycles. The lowest BCUT2D eigenvalue weighted by molar-refractivity contribution is -0.126. The number of nitrogens with one attached hydrogen (secondary N) is 1. The molecular formula is C10H12N2O3. The Morgan fingerprint density at radius 2 is 2.07 bits per heavy atom. The van der Waals surface area contributed by atoms with Crippen molar-refractivity contribution in [2.75, 3.05) is 0 Å². The van der Waals surface area contributed by atoms with Gasteiger partial charge in [-0.1, -0.05) is 12.1 Å². The van der Waals surface area contributed by atoms with Crippen molar-refractivity contribution >= 4 is 12.3 Å². The van der Waals surface area contributed by atoms with Crippen molar-refractivity contribution in [1.29, 1.82) is 0 Å². The average molecular weight is 208 g/mol. The van der Waals surface area contributed by atoms with Gasteiger partial charge in [0.15, 0.2) is 0 Å². The van der Waals surface area contributed by atoms with Crippen LogP contribution in [0.5, 0.6) is 5.75 Å². The number of phenolic OH excluding ortho intramolecular Hbond substituents is 1. The first-order valence-corrected chi connectivity index (χ1v) is 4.41. The number of hydrogen-bond acceptors (Lipinski definition) is 4. The maximum atomic E-state index is 11.1. The van der Waals surface area contributed by atoms with Crippen LogP contribution in [0.15, 0.2) is 24.3 Å². The summed E-state index contributed by atoms with van der Waals surface area (Å²) in [6, 6.07) is 5.60. The fraction of sp³-hybridized carbons (Fsp3) is 0.200. The van der Waals surface area contributed by atoms with Crippen LogP contribution in [0.3, 0.4) is 0 Å². The lowest BCUT2D eigenvalue weighted by Gasteiger charge is -2.09. The van der Waals surface area contributed by atoms with E-state index in [-0.39, 0.29) is 5.75 Å². The quantitative estimate of drug-likeness (QED) is 0.583. The zero-order chi connectivity index (χ0) is 11.3. The molecule has 1 aromatic carbocycles. The summed E-state index contributed by atoms with van der Waals surface area (Å²) in [5, 5.41) is 11.0. The largest absolute Gasteiger partial charge is 0.508 e. The van der Waals surface area contributed by atoms with Gasteiger partial charge in [0.05, 0.1) is 6.04 Å². The molecular weight excluding hydrogens is 196 g/mol. The normalized spacial score (nSPS) is 11.8. The Kier molecular flexibility index (Phi) is 3.82. The van der Waals surface area contributed by atoms with Crippen LogP contribution in [0.4, 0.5) is 0 Å². The van der Waals surface area contributed by atoms with Gasteiger partial charge in [0.1, 0.15) is 5.75 Å². The highest BCUT2D eigenvalue weighted by molar-refractivity contribution is 5.89. The smallest absolute Gasteiger partial charge is 0.243 e. The first-order chi connectivity index (χ1) is 7.13. The third-order valence-electron chi connectivity index (χ3n) is 1.93. The predicted octanol–water partition coefficient (Wildman–Crippen LogP) is -0.465. The highest BCUT2D eigenvalue weighted by Gasteiger charge is 2.12. The predicted molar refractivity (Wildman–Crippen MR) is 54.0 cm³/mol. The fourth-order valence-corrected chi connectivity index (χ4v) is 1.14. The minimum atomic E-state index is -0.764. The number of amides is 2. The van der Waals surface area contributed by atoms with Crippen LogP contribution in [0.25, 0.3) is 0 Å². The van der Waals surface area contributed by atoms with Gasteiger partial charge in [0.25, 0.3) is 0 Å². The Balaban J connectivity index is 2.57. The van der Waals surface area contributed by atoms with Gasteiger partial charge in [-0.2, -0.15) is 0 Å². The maximum Gasteiger partial charge on any atom is 0.243 e. The van der Waals surface area contributed by atoms with E-state index in [0.717, 1.165) is 5.56 Å². The van der Waals surface area contributed by atoms with Crippen LogP contribution in [0, 0.1) is 0 Å². The van der Waals surface area contributed by atoms with E-state index < -0.39 is 11.9 Å². The third kappa shape index (κ3) is 3.40. The molecule has 1 rings (SSSR count). The van der Waals surface area contributed by atoms with Crippen molar-refractivity contribution < 1.29 is 14.7 Å². The first-order valence-electron chi connectivity index (χ1n) is 4.41. The van der Waals surface area contributed by atoms with Crippen LogP contribution in [0.2, 0.25) is 0 Å². The van der Waals surface area contributed by atoms with E-state index in [0.29, 0.717) is 12.8 Å². The summed E-state index contributed by atoms with van der Waals surface area (Å²) in [5.41, 5.74) is 6.36. The number of nitrogens with two attached hydrogens (primary N) is 1. The van der Waals surface area contributed by atoms with Crippen LogP contribution < -0.4 is 11.1 Å². The van der Waals surface area contributed by atoms with Gasteiger partial charge < -0.3 is 10.8 Å². The first kappa shape index (κ1) is 11.2. The number of hydrogen-bond donors (Lipinski definition) is 3. The van der Waals surface area contributed by atoms with Gasteiger partial charge in [-0.15, -0.1) is 0 Å². The van der Waals surface area contributed by atoms with Gasteiger partial charge in [0.2, 0.25) is 12.3 Å². The average Bonchev–Trinajstić information content (AvgIpc) is 2.22. The zero-order valence-electron chi connectivity index (χ0n) is 8.01. The molecule has 5 nitrogen and oxygen atoms in total. The summed E-state index contributed by atoms with van der Waals surface area (Å²) in [5.74, 6) is -0.359. The van der Waals surface area contributed by atoms with Crippen molar-refractivity contribution in [2.45, 2.75) is 12.5 Å². The van der Waals surface area contributed by atoms with Crippen molar-refractivity contribution in [1.82, 2.24) is 5.32 Å². The van der Waals surface area contributed by atoms with E-state index in [2.05, 4.69) is 0 Å². The van der Waals surface area contributed by atoms with Crippen molar-refractivity contribution in [3.63, 3.8) is 0 Å². The highest BCUT2D eigenvalue weighted by Crippen LogP contribution is 2.10. The maximum absolute atomic E-state index is 11.1. The Morgan fingerprint density at radius 3 is 2.60 bits per heavy atom. The molecule has 1 atom stereocenters. The Labute approximate surface area is 86.9 Å². The molecule has 0 aliphatic carbocycles. The second kappa shape index (κ2) is 5.11. The Morgan fingerprint density at radius 1 is 1.47 bits per heavy atom. The van der Waals surface area contributed by atoms with Crippen molar-refractivity contribution in [3.05, 3.63) is 29.8 Å². The van der Waals surface area contributed by atoms with E-state index in [4.69, 9.17) is 10.8 Å². The van der Waals surface area contributed by atoms with E-state index in [9.17, 15) is 9.59 Å². The summed E-state index contributed by atoms with van der Waals surface area (Å²) in [6.07, 6.45) is 0.624. The lowest BCUT2D eigenvalue weighted by atomic mass is 10.1. The van der Waals surface area contributed by atoms with E-state index in [1.165, 1.54) is 12.1 Å². The zero-order valence-corrected chi connectivity index (χ0v) is 8.01. The summed E-state index contributed by atoms with van der Waals surface area (Å²) < 4.78 is 0. The standard InChI is InChI=1S/C10H12N2O3/c11-9(10(15)12-6-13)5-7-1-3-8(14)4-2-7/h1-4,6,9,14H,5,11H2,(H,12,13,15). The molecule has 80 valence electrons. The summed E-state index contributed by atoms with van der Waals surface area (Å²) in [6.45, 7) is 0. The second-order valence-corrected chi connectivity index (χ2v) is 3.10. The minimum Gasteiger partial charge on any atom is -0.508 e. The fourth-order valence-electron chi connectivity index (χ4n) is 1.14. The molecule has 0 aliphatic rings. The van der Waals surface area contributed by atoms with Crippen molar-refractivity contribution in [2.24, 2.45) is 5.73 Å². The molecule has 5 heteroatoms. The molecule has 4 N–H and O–H groups in total. The molecule has 0 aromatic heterocycles. The summed E-state index contributed by atoms with van der Waals surface area (Å²) in [7, 11) is 0. The van der Waals surface area contributed by atoms with E-state index in [1.807, 2.05) is 5.32 Å². The van der Waals surface area contributed by atoms with Gasteiger partial charge in [-0.3, -0.25) is 14.9 Å². The number of imide groups is 1. The Bertz CT molecular complexity index is 348. The van der Waals surface area contributed by atoms with Gasteiger partial charge in [0, 0.05) is 0 Å². The molecule has 0 radical (unpaired) electrons. The number of benzene rings is 1. The van der Waals surface area contributed by atoms with E-state index >= 15 is 0 Å². The third-order valence-corrected chi connectivity index (χ3v) is 1.93. The molecule has 0 heterocycles. The van der Waals surface area contributed by atoms with Crippen LogP contribution in [0.1, 0.15) is 5.56 Å². The lowest BCUT2D eigenvalue weighted by Crippen LogP contribution is -2.41. The number of rotatable bonds is 4. The van der Waals surface area contributed by atoms with Crippen LogP contribution in [-0.4, -0.2) is 23.5 Å². The van der Waals surface area contributed by atoms with Crippen molar-refractivity contribution in [3.8, 4) is 5.75 Å². The van der Waals surface area contributed by atoms with E-state index in [1.54, 1.807) is 12.1 Å². The highest BCUT2D eigenvalue weighted by atomic mass is 16.3. The number of carbonyl (C=O) groups is 2. The number of aromatic hydroxyl groups is 1. The molecule has 0 fully saturated rings. The molecule has 0 saturated heterocycles. The molecule has 2 amide bonds. The monoisotopic (exact) mass is 208 g/mol. The molecule has 0 bridgehead atoms. The van der Waals surface area contributed by atoms with Gasteiger partial charge in [-0.25, -0.2) is 0 Å². The number of carbonyl (C=O) groups excluding carboxylic acids is 2. The Hall–Kier alpha value is -1.88. The SMILES string of the molecule is NC(Cc1ccc(O)cc1)C(=O)NC=O. The van der Waals surface area contributed by atoms with Gasteiger partial charge in [-0.05, 0) is 24.1 Å². The molecule has 1 unspecified atom stereocenters. The molecule has 15 heavy (non-hydrogen) atoms. The number of phenols is 1. The second-order valence-electron chi connectivity index (χ2n) is 3.10. The van der Waals surface area contributed by atoms with Crippen LogP contribution >= 0.6 is 0 Å². The topological polar surface area (TPSA) is 92.4 Å². The van der Waals surface area contributed by atoms with Gasteiger partial charge >= 0.3 is 0 Å². The summed E-state index contributed by atoms with van der Waals surface area (Å²) >= 11 is 0. The van der Waals surface area contributed by atoms with Crippen LogP contribution in [-0.2, 0) is 16.0 Å². The minimum absolute atomic E-state index is 0.157.